The molecule has 1 aliphatic heterocycles. The fourth-order valence-electron chi connectivity index (χ4n) is 4.00. The first-order valence-electron chi connectivity index (χ1n) is 10.3. The van der Waals surface area contributed by atoms with Crippen LogP contribution in [0.4, 0.5) is 8.78 Å². The zero-order valence-electron chi connectivity index (χ0n) is 17.1. The minimum atomic E-state index is -0.279. The summed E-state index contributed by atoms with van der Waals surface area (Å²) in [5, 5.41) is 0.649. The van der Waals surface area contributed by atoms with Gasteiger partial charge in [-0.1, -0.05) is 23.7 Å². The number of nitrogens with zero attached hydrogens (tertiary/aromatic N) is 2. The Bertz CT molecular complexity index is 1240. The van der Waals surface area contributed by atoms with Gasteiger partial charge in [0.2, 0.25) is 0 Å². The van der Waals surface area contributed by atoms with Crippen LogP contribution in [0.2, 0.25) is 5.02 Å². The van der Waals surface area contributed by atoms with Gasteiger partial charge in [-0.15, -0.1) is 0 Å². The summed E-state index contributed by atoms with van der Waals surface area (Å²) in [5.74, 6) is 1.99. The van der Waals surface area contributed by atoms with Gasteiger partial charge in [0.1, 0.15) is 11.6 Å². The molecule has 0 fully saturated rings. The van der Waals surface area contributed by atoms with Crippen molar-refractivity contribution in [2.45, 2.75) is 18.1 Å². The summed E-state index contributed by atoms with van der Waals surface area (Å²) >= 11 is 7.91. The molecule has 160 valence electrons. The van der Waals surface area contributed by atoms with E-state index in [2.05, 4.69) is 0 Å². The van der Waals surface area contributed by atoms with E-state index >= 15 is 0 Å². The quantitative estimate of drug-likeness (QED) is 0.316. The highest BCUT2D eigenvalue weighted by Crippen LogP contribution is 2.40. The fourth-order valence-corrected chi connectivity index (χ4v) is 5.29. The first-order chi connectivity index (χ1) is 15.6. The lowest BCUT2D eigenvalue weighted by Gasteiger charge is -2.26. The highest BCUT2D eigenvalue weighted by atomic mass is 35.5. The second kappa shape index (κ2) is 9.00. The Hall–Kier alpha value is -2.76. The second-order valence-corrected chi connectivity index (χ2v) is 9.28. The Kier molecular flexibility index (Phi) is 5.94. The van der Waals surface area contributed by atoms with Crippen LogP contribution in [0.5, 0.6) is 0 Å². The molecule has 0 saturated heterocycles. The lowest BCUT2D eigenvalue weighted by Crippen LogP contribution is -2.18. The Morgan fingerprint density at radius 3 is 2.12 bits per heavy atom. The average molecular weight is 465 g/mol. The summed E-state index contributed by atoms with van der Waals surface area (Å²) in [7, 11) is 0. The van der Waals surface area contributed by atoms with Crippen molar-refractivity contribution in [2.75, 3.05) is 5.75 Å². The Balaban J connectivity index is 1.64. The number of thioether (sulfide) groups is 1. The molecule has 0 aliphatic carbocycles. The second-order valence-electron chi connectivity index (χ2n) is 7.82. The number of rotatable bonds is 4. The van der Waals surface area contributed by atoms with E-state index in [0.29, 0.717) is 10.8 Å². The van der Waals surface area contributed by atoms with Crippen LogP contribution < -0.4 is 0 Å². The van der Waals surface area contributed by atoms with Crippen molar-refractivity contribution < 1.29 is 8.78 Å². The fraction of sp³-hybridized carbons (Fsp3) is 0.154. The predicted molar refractivity (Wildman–Crippen MR) is 127 cm³/mol. The van der Waals surface area contributed by atoms with Gasteiger partial charge in [-0.25, -0.2) is 18.7 Å². The third-order valence-corrected chi connectivity index (χ3v) is 6.99. The van der Waals surface area contributed by atoms with Crippen LogP contribution in [0.1, 0.15) is 22.7 Å². The molecule has 3 aromatic carbocycles. The molecule has 0 saturated carbocycles. The molecule has 0 spiro atoms. The van der Waals surface area contributed by atoms with Crippen LogP contribution in [-0.4, -0.2) is 15.7 Å². The largest absolute Gasteiger partial charge is 0.232 e. The summed E-state index contributed by atoms with van der Waals surface area (Å²) in [5.41, 5.74) is 5.73. The highest BCUT2D eigenvalue weighted by molar-refractivity contribution is 7.98. The lowest BCUT2D eigenvalue weighted by atomic mass is 9.92. The number of fused-ring (bicyclic) bond motifs is 1. The van der Waals surface area contributed by atoms with Gasteiger partial charge in [0.15, 0.2) is 5.82 Å². The van der Waals surface area contributed by atoms with Crippen molar-refractivity contribution in [1.29, 1.82) is 0 Å². The van der Waals surface area contributed by atoms with Crippen molar-refractivity contribution in [3.63, 3.8) is 0 Å². The van der Waals surface area contributed by atoms with Crippen LogP contribution in [0, 0.1) is 11.6 Å². The molecule has 1 unspecified atom stereocenters. The van der Waals surface area contributed by atoms with E-state index < -0.39 is 0 Å². The van der Waals surface area contributed by atoms with Crippen molar-refractivity contribution in [2.24, 2.45) is 0 Å². The van der Waals surface area contributed by atoms with Crippen LogP contribution in [0.25, 0.3) is 22.6 Å². The first-order valence-corrected chi connectivity index (χ1v) is 11.8. The maximum atomic E-state index is 13.6. The minimum Gasteiger partial charge on any atom is -0.232 e. The maximum absolute atomic E-state index is 13.6. The van der Waals surface area contributed by atoms with Gasteiger partial charge < -0.3 is 0 Å². The van der Waals surface area contributed by atoms with Gasteiger partial charge >= 0.3 is 0 Å². The SMILES string of the molecule is Fc1ccc(CC2CSCc3c(-c4ccc(F)cc4)nc(-c4ccc(Cl)cc4)nc32)cc1. The highest BCUT2D eigenvalue weighted by Gasteiger charge is 2.27. The Morgan fingerprint density at radius 1 is 0.812 bits per heavy atom. The minimum absolute atomic E-state index is 0.169. The van der Waals surface area contributed by atoms with E-state index in [9.17, 15) is 8.78 Å². The number of hydrogen-bond donors (Lipinski definition) is 0. The molecule has 1 atom stereocenters. The normalized spacial score (nSPS) is 15.4. The summed E-state index contributed by atoms with van der Waals surface area (Å²) in [6, 6.07) is 20.5. The first kappa shape index (κ1) is 21.1. The van der Waals surface area contributed by atoms with Gasteiger partial charge in [0, 0.05) is 39.1 Å². The van der Waals surface area contributed by atoms with Crippen LogP contribution >= 0.6 is 23.4 Å². The Labute approximate surface area is 194 Å². The standard InChI is InChI=1S/C26H19ClF2N2S/c27-20-7-3-18(4-8-20)26-30-24(17-5-11-22(29)12-6-17)23-15-32-14-19(25(23)31-26)13-16-1-9-21(28)10-2-16/h1-12,19H,13-15H2. The summed E-state index contributed by atoms with van der Waals surface area (Å²) in [4.78, 5) is 9.90. The van der Waals surface area contributed by atoms with Gasteiger partial charge in [0.25, 0.3) is 0 Å². The molecule has 0 amide bonds. The van der Waals surface area contributed by atoms with Crippen molar-refractivity contribution in [3.05, 3.63) is 106 Å². The summed E-state index contributed by atoms with van der Waals surface area (Å²) in [6.07, 6.45) is 0.764. The van der Waals surface area contributed by atoms with E-state index in [1.165, 1.54) is 24.3 Å². The maximum Gasteiger partial charge on any atom is 0.160 e. The molecule has 0 radical (unpaired) electrons. The van der Waals surface area contributed by atoms with E-state index in [1.54, 1.807) is 12.1 Å². The summed E-state index contributed by atoms with van der Waals surface area (Å²) < 4.78 is 27.0. The molecule has 6 heteroatoms. The van der Waals surface area contributed by atoms with Crippen molar-refractivity contribution in [1.82, 2.24) is 9.97 Å². The smallest absolute Gasteiger partial charge is 0.160 e. The topological polar surface area (TPSA) is 25.8 Å². The molecule has 0 N–H and O–H groups in total. The molecule has 32 heavy (non-hydrogen) atoms. The third kappa shape index (κ3) is 4.41. The number of halogens is 3. The van der Waals surface area contributed by atoms with Crippen LogP contribution in [0.3, 0.4) is 0 Å². The van der Waals surface area contributed by atoms with Crippen LogP contribution in [0.15, 0.2) is 72.8 Å². The lowest BCUT2D eigenvalue weighted by molar-refractivity contribution is 0.625. The van der Waals surface area contributed by atoms with Crippen LogP contribution in [-0.2, 0) is 12.2 Å². The molecule has 0 bridgehead atoms. The van der Waals surface area contributed by atoms with Crippen molar-refractivity contribution >= 4 is 23.4 Å². The molecule has 2 heterocycles. The zero-order valence-corrected chi connectivity index (χ0v) is 18.6. The average Bonchev–Trinajstić information content (AvgIpc) is 2.81. The van der Waals surface area contributed by atoms with Gasteiger partial charge in [-0.3, -0.25) is 0 Å². The van der Waals surface area contributed by atoms with Gasteiger partial charge in [-0.2, -0.15) is 11.8 Å². The monoisotopic (exact) mass is 464 g/mol. The number of aromatic nitrogens is 2. The molecular formula is C26H19ClF2N2S. The van der Waals surface area contributed by atoms with E-state index in [0.717, 1.165) is 51.6 Å². The van der Waals surface area contributed by atoms with Gasteiger partial charge in [0.05, 0.1) is 11.4 Å². The van der Waals surface area contributed by atoms with E-state index in [1.807, 2.05) is 48.2 Å². The van der Waals surface area contributed by atoms with E-state index in [-0.39, 0.29) is 17.6 Å². The molecule has 5 rings (SSSR count). The predicted octanol–water partition coefficient (Wildman–Crippen LogP) is 7.32. The molecule has 4 aromatic rings. The molecule has 2 nitrogen and oxygen atoms in total. The molecular weight excluding hydrogens is 446 g/mol. The Morgan fingerprint density at radius 2 is 1.44 bits per heavy atom. The third-order valence-electron chi connectivity index (χ3n) is 5.61. The summed E-state index contributed by atoms with van der Waals surface area (Å²) in [6.45, 7) is 0. The van der Waals surface area contributed by atoms with Gasteiger partial charge in [-0.05, 0) is 72.6 Å². The van der Waals surface area contributed by atoms with E-state index in [4.69, 9.17) is 21.6 Å². The molecule has 1 aliphatic rings. The number of benzene rings is 3. The molecule has 1 aromatic heterocycles. The number of hydrogen-bond acceptors (Lipinski definition) is 3. The van der Waals surface area contributed by atoms with Crippen molar-refractivity contribution in [3.8, 4) is 22.6 Å². The zero-order chi connectivity index (χ0) is 22.1.